The molecule has 0 aliphatic rings. The first-order valence-corrected chi connectivity index (χ1v) is 7.26. The Balaban J connectivity index is 2.19. The molecule has 0 fully saturated rings. The average Bonchev–Trinajstić information content (AvgIpc) is 2.89. The summed E-state index contributed by atoms with van der Waals surface area (Å²) in [5, 5.41) is 3.96. The Morgan fingerprint density at radius 3 is 2.68 bits per heavy atom. The maximum Gasteiger partial charge on any atom is 0.196 e. The van der Waals surface area contributed by atoms with Gasteiger partial charge in [0.1, 0.15) is 0 Å². The van der Waals surface area contributed by atoms with Crippen molar-refractivity contribution in [3.8, 4) is 0 Å². The van der Waals surface area contributed by atoms with E-state index >= 15 is 0 Å². The zero-order valence-corrected chi connectivity index (χ0v) is 12.0. The topological polar surface area (TPSA) is 17.1 Å². The van der Waals surface area contributed by atoms with E-state index in [1.165, 1.54) is 0 Å². The Hall–Kier alpha value is -1.35. The van der Waals surface area contributed by atoms with E-state index in [4.69, 9.17) is 23.2 Å². The van der Waals surface area contributed by atoms with Crippen LogP contribution in [0.15, 0.2) is 47.8 Å². The molecule has 0 saturated carbocycles. The zero-order chi connectivity index (χ0) is 13.4. The number of carbonyl (C=O) groups excluding carboxylic acids is 1. The third-order valence-electron chi connectivity index (χ3n) is 2.90. The summed E-state index contributed by atoms with van der Waals surface area (Å²) < 4.78 is 0.976. The van der Waals surface area contributed by atoms with Crippen molar-refractivity contribution >= 4 is 50.4 Å². The number of rotatable bonds is 2. The number of hydrogen-bond donors (Lipinski definition) is 0. The largest absolute Gasteiger partial charge is 0.288 e. The molecule has 0 bridgehead atoms. The van der Waals surface area contributed by atoms with E-state index in [0.717, 1.165) is 10.1 Å². The van der Waals surface area contributed by atoms with Crippen LogP contribution in [-0.2, 0) is 0 Å². The molecule has 0 aliphatic carbocycles. The summed E-state index contributed by atoms with van der Waals surface area (Å²) in [6.45, 7) is 0. The smallest absolute Gasteiger partial charge is 0.196 e. The fourth-order valence-electron chi connectivity index (χ4n) is 1.99. The van der Waals surface area contributed by atoms with Gasteiger partial charge in [0, 0.05) is 20.8 Å². The Morgan fingerprint density at radius 2 is 1.84 bits per heavy atom. The van der Waals surface area contributed by atoms with E-state index in [1.807, 2.05) is 29.6 Å². The number of ketones is 1. The van der Waals surface area contributed by atoms with E-state index in [1.54, 1.807) is 29.5 Å². The minimum Gasteiger partial charge on any atom is -0.288 e. The van der Waals surface area contributed by atoms with Crippen LogP contribution in [-0.4, -0.2) is 5.78 Å². The molecule has 0 N–H and O–H groups in total. The van der Waals surface area contributed by atoms with Gasteiger partial charge < -0.3 is 0 Å². The van der Waals surface area contributed by atoms with Gasteiger partial charge in [0.05, 0.1) is 5.02 Å². The summed E-state index contributed by atoms with van der Waals surface area (Å²) in [5.74, 6) is -0.0967. The summed E-state index contributed by atoms with van der Waals surface area (Å²) in [7, 11) is 0. The maximum atomic E-state index is 12.6. The van der Waals surface area contributed by atoms with Crippen molar-refractivity contribution < 1.29 is 4.79 Å². The van der Waals surface area contributed by atoms with Crippen LogP contribution >= 0.6 is 34.5 Å². The van der Waals surface area contributed by atoms with Crippen molar-refractivity contribution in [2.45, 2.75) is 0 Å². The molecule has 19 heavy (non-hydrogen) atoms. The second-order valence-electron chi connectivity index (χ2n) is 4.10. The highest BCUT2D eigenvalue weighted by Crippen LogP contribution is 2.29. The fraction of sp³-hybridized carbons (Fsp3) is 0. The molecule has 2 aromatic carbocycles. The molecule has 1 heterocycles. The predicted molar refractivity (Wildman–Crippen MR) is 81.7 cm³/mol. The first-order valence-electron chi connectivity index (χ1n) is 5.63. The van der Waals surface area contributed by atoms with Gasteiger partial charge in [-0.3, -0.25) is 4.79 Å². The molecule has 3 rings (SSSR count). The third kappa shape index (κ3) is 2.27. The quantitative estimate of drug-likeness (QED) is 0.576. The Morgan fingerprint density at radius 1 is 1.00 bits per heavy atom. The van der Waals surface area contributed by atoms with E-state index in [9.17, 15) is 4.79 Å². The van der Waals surface area contributed by atoms with Crippen molar-refractivity contribution in [1.29, 1.82) is 0 Å². The van der Waals surface area contributed by atoms with E-state index in [2.05, 4.69) is 0 Å². The molecule has 0 atom stereocenters. The van der Waals surface area contributed by atoms with Crippen molar-refractivity contribution in [2.24, 2.45) is 0 Å². The molecule has 4 heteroatoms. The van der Waals surface area contributed by atoms with Crippen LogP contribution in [0.2, 0.25) is 10.0 Å². The summed E-state index contributed by atoms with van der Waals surface area (Å²) in [4.78, 5) is 12.6. The van der Waals surface area contributed by atoms with Gasteiger partial charge in [0.15, 0.2) is 5.78 Å². The van der Waals surface area contributed by atoms with Gasteiger partial charge in [-0.25, -0.2) is 0 Å². The lowest BCUT2D eigenvalue weighted by atomic mass is 10.0. The van der Waals surface area contributed by atoms with E-state index in [-0.39, 0.29) is 5.78 Å². The van der Waals surface area contributed by atoms with Crippen LogP contribution in [0.3, 0.4) is 0 Å². The van der Waals surface area contributed by atoms with Gasteiger partial charge in [-0.1, -0.05) is 35.3 Å². The monoisotopic (exact) mass is 306 g/mol. The number of thiophene rings is 1. The van der Waals surface area contributed by atoms with Crippen molar-refractivity contribution in [1.82, 2.24) is 0 Å². The normalized spacial score (nSPS) is 10.8. The van der Waals surface area contributed by atoms with Crippen molar-refractivity contribution in [2.75, 3.05) is 0 Å². The summed E-state index contributed by atoms with van der Waals surface area (Å²) in [6, 6.07) is 12.6. The van der Waals surface area contributed by atoms with Crippen LogP contribution in [0.1, 0.15) is 15.9 Å². The Labute approximate surface area is 124 Å². The lowest BCUT2D eigenvalue weighted by Gasteiger charge is -2.05. The number of benzene rings is 2. The molecule has 1 nitrogen and oxygen atoms in total. The highest BCUT2D eigenvalue weighted by Gasteiger charge is 2.16. The first kappa shape index (κ1) is 12.7. The minimum atomic E-state index is -0.0967. The van der Waals surface area contributed by atoms with Gasteiger partial charge >= 0.3 is 0 Å². The van der Waals surface area contributed by atoms with Gasteiger partial charge in [-0.2, -0.15) is 0 Å². The molecule has 0 saturated heterocycles. The molecule has 3 aromatic rings. The maximum absolute atomic E-state index is 12.6. The van der Waals surface area contributed by atoms with Gasteiger partial charge in [0.2, 0.25) is 0 Å². The molecule has 0 unspecified atom stereocenters. The summed E-state index contributed by atoms with van der Waals surface area (Å²) in [5.41, 5.74) is 1.10. The molecule has 1 aromatic heterocycles. The molecule has 0 radical (unpaired) electrons. The summed E-state index contributed by atoms with van der Waals surface area (Å²) in [6.07, 6.45) is 0. The van der Waals surface area contributed by atoms with Crippen LogP contribution in [0.4, 0.5) is 0 Å². The molecular formula is C15H8Cl2OS. The number of carbonyl (C=O) groups is 1. The number of fused-ring (bicyclic) bond motifs is 1. The van der Waals surface area contributed by atoms with Gasteiger partial charge in [-0.05, 0) is 41.1 Å². The van der Waals surface area contributed by atoms with Crippen LogP contribution in [0, 0.1) is 0 Å². The van der Waals surface area contributed by atoms with E-state index < -0.39 is 0 Å². The van der Waals surface area contributed by atoms with Crippen molar-refractivity contribution in [3.05, 3.63) is 69.0 Å². The van der Waals surface area contributed by atoms with Crippen LogP contribution in [0.25, 0.3) is 10.1 Å². The molecule has 0 aliphatic heterocycles. The number of halogens is 2. The molecule has 94 valence electrons. The standard InChI is InChI=1S/C15H8Cl2OS/c16-10-4-5-13(17)12(8-10)14(18)11-3-1-2-9-6-7-19-15(9)11/h1-8H. The first-order chi connectivity index (χ1) is 9.16. The number of hydrogen-bond acceptors (Lipinski definition) is 2. The summed E-state index contributed by atoms with van der Waals surface area (Å²) >= 11 is 13.6. The SMILES string of the molecule is O=C(c1cc(Cl)ccc1Cl)c1cccc2ccsc12. The third-order valence-corrected chi connectivity index (χ3v) is 4.42. The van der Waals surface area contributed by atoms with Crippen molar-refractivity contribution in [3.63, 3.8) is 0 Å². The lowest BCUT2D eigenvalue weighted by molar-refractivity contribution is 0.104. The van der Waals surface area contributed by atoms with Crippen LogP contribution in [0.5, 0.6) is 0 Å². The minimum absolute atomic E-state index is 0.0967. The van der Waals surface area contributed by atoms with Gasteiger partial charge in [0.25, 0.3) is 0 Å². The Kier molecular flexibility index (Phi) is 3.31. The van der Waals surface area contributed by atoms with E-state index in [0.29, 0.717) is 21.2 Å². The molecular weight excluding hydrogens is 299 g/mol. The highest BCUT2D eigenvalue weighted by molar-refractivity contribution is 7.17. The predicted octanol–water partition coefficient (Wildman–Crippen LogP) is 5.44. The average molecular weight is 307 g/mol. The Bertz CT molecular complexity index is 777. The highest BCUT2D eigenvalue weighted by atomic mass is 35.5. The zero-order valence-electron chi connectivity index (χ0n) is 9.69. The second kappa shape index (κ2) is 4.97. The van der Waals surface area contributed by atoms with Crippen LogP contribution < -0.4 is 0 Å². The van der Waals surface area contributed by atoms with Gasteiger partial charge in [-0.15, -0.1) is 11.3 Å². The molecule has 0 amide bonds. The molecule has 0 spiro atoms. The fourth-order valence-corrected chi connectivity index (χ4v) is 3.27. The lowest BCUT2D eigenvalue weighted by Crippen LogP contribution is -2.02. The second-order valence-corrected chi connectivity index (χ2v) is 5.86.